The van der Waals surface area contributed by atoms with Crippen molar-refractivity contribution in [2.45, 2.75) is 77.1 Å². The fourth-order valence-electron chi connectivity index (χ4n) is 7.73. The molecule has 34 heavy (non-hydrogen) atoms. The molecule has 5 heteroatoms. The first kappa shape index (κ1) is 23.4. The molecular weight excluding hydrogens is 428 g/mol. The summed E-state index contributed by atoms with van der Waals surface area (Å²) in [5, 5.41) is 24.2. The molecule has 7 atom stereocenters. The van der Waals surface area contributed by atoms with Gasteiger partial charge in [0.05, 0.1) is 6.26 Å². The van der Waals surface area contributed by atoms with Crippen molar-refractivity contribution in [3.8, 4) is 0 Å². The molecule has 1 aromatic carbocycles. The summed E-state index contributed by atoms with van der Waals surface area (Å²) in [5.41, 5.74) is -0.437. The van der Waals surface area contributed by atoms with Crippen molar-refractivity contribution >= 4 is 12.0 Å². The average Bonchev–Trinajstić information content (AvgIpc) is 3.28. The number of furan rings is 1. The zero-order valence-corrected chi connectivity index (χ0v) is 20.5. The van der Waals surface area contributed by atoms with Gasteiger partial charge in [0.1, 0.15) is 23.6 Å². The summed E-state index contributed by atoms with van der Waals surface area (Å²) in [6.07, 6.45) is 6.15. The Hall–Kier alpha value is -2.37. The number of esters is 1. The van der Waals surface area contributed by atoms with Crippen LogP contribution in [0.1, 0.15) is 69.8 Å². The number of aliphatic hydroxyl groups is 2. The van der Waals surface area contributed by atoms with E-state index in [0.29, 0.717) is 6.42 Å². The van der Waals surface area contributed by atoms with Gasteiger partial charge in [-0.1, -0.05) is 64.4 Å². The zero-order valence-electron chi connectivity index (χ0n) is 20.5. The maximum atomic E-state index is 13.0. The third-order valence-corrected chi connectivity index (χ3v) is 9.52. The van der Waals surface area contributed by atoms with Crippen LogP contribution in [0.4, 0.5) is 0 Å². The van der Waals surface area contributed by atoms with Crippen LogP contribution in [-0.2, 0) is 16.0 Å². The maximum absolute atomic E-state index is 13.0. The van der Waals surface area contributed by atoms with Crippen LogP contribution in [0.25, 0.3) is 6.08 Å². The molecular formula is C29H36O5. The van der Waals surface area contributed by atoms with E-state index >= 15 is 0 Å². The lowest BCUT2D eigenvalue weighted by molar-refractivity contribution is -0.314. The molecule has 1 heterocycles. The number of carbonyl (C=O) groups excluding carboxylic acids is 1. The first-order valence-electron chi connectivity index (χ1n) is 12.5. The minimum atomic E-state index is -1.39. The highest BCUT2D eigenvalue weighted by molar-refractivity contribution is 5.87. The van der Waals surface area contributed by atoms with Crippen molar-refractivity contribution in [3.63, 3.8) is 0 Å². The molecule has 0 amide bonds. The Kier molecular flexibility index (Phi) is 5.57. The zero-order chi connectivity index (χ0) is 24.3. The monoisotopic (exact) mass is 464 g/mol. The van der Waals surface area contributed by atoms with Gasteiger partial charge in [-0.05, 0) is 53.4 Å². The van der Waals surface area contributed by atoms with E-state index in [1.165, 1.54) is 6.08 Å². The van der Waals surface area contributed by atoms with Crippen LogP contribution < -0.4 is 0 Å². The van der Waals surface area contributed by atoms with Crippen molar-refractivity contribution in [1.82, 2.24) is 0 Å². The van der Waals surface area contributed by atoms with Crippen LogP contribution in [0.5, 0.6) is 0 Å². The average molecular weight is 465 g/mol. The highest BCUT2D eigenvalue weighted by Gasteiger charge is 2.72. The molecule has 182 valence electrons. The highest BCUT2D eigenvalue weighted by Crippen LogP contribution is 2.67. The quantitative estimate of drug-likeness (QED) is 0.487. The number of hydrogen-bond acceptors (Lipinski definition) is 5. The Labute approximate surface area is 201 Å². The molecule has 0 saturated heterocycles. The third kappa shape index (κ3) is 3.24. The lowest BCUT2D eigenvalue weighted by atomic mass is 9.40. The number of ether oxygens (including phenoxy) is 1. The van der Waals surface area contributed by atoms with Gasteiger partial charge in [-0.15, -0.1) is 0 Å². The normalized spacial score (nSPS) is 38.6. The first-order valence-corrected chi connectivity index (χ1v) is 12.5. The van der Waals surface area contributed by atoms with Crippen LogP contribution in [0.2, 0.25) is 0 Å². The molecule has 5 rings (SSSR count). The fourth-order valence-corrected chi connectivity index (χ4v) is 7.73. The Balaban J connectivity index is 1.55. The molecule has 0 spiro atoms. The molecule has 3 aliphatic rings. The topological polar surface area (TPSA) is 79.9 Å². The minimum absolute atomic E-state index is 0.0185. The van der Waals surface area contributed by atoms with Crippen molar-refractivity contribution in [3.05, 3.63) is 65.6 Å². The predicted molar refractivity (Wildman–Crippen MR) is 130 cm³/mol. The molecule has 2 N–H and O–H groups in total. The molecule has 0 bridgehead atoms. The summed E-state index contributed by atoms with van der Waals surface area (Å²) >= 11 is 0. The largest absolute Gasteiger partial charge is 0.469 e. The second kappa shape index (κ2) is 8.10. The lowest BCUT2D eigenvalue weighted by Crippen LogP contribution is -2.76. The van der Waals surface area contributed by atoms with E-state index in [2.05, 4.69) is 13.8 Å². The SMILES string of the molecule is C[C@H]1c2ccoc2C[C@H]2[C@H]1[C@@H](OC(=O)C=Cc1ccccc1)[C@@H](O)[C@@]1(O)C(C)(C)CCC[C@]21C. The van der Waals surface area contributed by atoms with E-state index in [9.17, 15) is 15.0 Å². The lowest BCUT2D eigenvalue weighted by Gasteiger charge is -2.68. The van der Waals surface area contributed by atoms with Gasteiger partial charge < -0.3 is 19.4 Å². The van der Waals surface area contributed by atoms with Gasteiger partial charge in [0.25, 0.3) is 0 Å². The number of hydrogen-bond donors (Lipinski definition) is 2. The third-order valence-electron chi connectivity index (χ3n) is 9.52. The van der Waals surface area contributed by atoms with Crippen LogP contribution in [0.3, 0.4) is 0 Å². The highest BCUT2D eigenvalue weighted by atomic mass is 16.6. The van der Waals surface area contributed by atoms with E-state index in [0.717, 1.165) is 36.1 Å². The van der Waals surface area contributed by atoms with E-state index in [1.54, 1.807) is 12.3 Å². The minimum Gasteiger partial charge on any atom is -0.469 e. The second-order valence-electron chi connectivity index (χ2n) is 11.5. The number of benzene rings is 1. The molecule has 0 radical (unpaired) electrons. The fraction of sp³-hybridized carbons (Fsp3) is 0.552. The van der Waals surface area contributed by atoms with Gasteiger partial charge in [-0.3, -0.25) is 0 Å². The van der Waals surface area contributed by atoms with E-state index in [-0.39, 0.29) is 17.8 Å². The van der Waals surface area contributed by atoms with Crippen LogP contribution in [0, 0.1) is 22.7 Å². The number of aliphatic hydroxyl groups excluding tert-OH is 1. The second-order valence-corrected chi connectivity index (χ2v) is 11.5. The van der Waals surface area contributed by atoms with Crippen LogP contribution in [-0.4, -0.2) is 34.0 Å². The van der Waals surface area contributed by atoms with Gasteiger partial charge in [-0.2, -0.15) is 0 Å². The van der Waals surface area contributed by atoms with Crippen molar-refractivity contribution in [2.75, 3.05) is 0 Å². The van der Waals surface area contributed by atoms with Crippen molar-refractivity contribution in [1.29, 1.82) is 0 Å². The summed E-state index contributed by atoms with van der Waals surface area (Å²) in [6.45, 7) is 8.32. The Morgan fingerprint density at radius 2 is 1.88 bits per heavy atom. The molecule has 0 aliphatic heterocycles. The number of rotatable bonds is 3. The van der Waals surface area contributed by atoms with Gasteiger partial charge in [0.2, 0.25) is 0 Å². The predicted octanol–water partition coefficient (Wildman–Crippen LogP) is 5.12. The molecule has 2 fully saturated rings. The molecule has 1 aromatic heterocycles. The molecule has 2 saturated carbocycles. The van der Waals surface area contributed by atoms with E-state index < -0.39 is 34.6 Å². The van der Waals surface area contributed by atoms with Gasteiger partial charge in [0.15, 0.2) is 0 Å². The van der Waals surface area contributed by atoms with Crippen molar-refractivity contribution in [2.24, 2.45) is 22.7 Å². The summed E-state index contributed by atoms with van der Waals surface area (Å²) in [7, 11) is 0. The Morgan fingerprint density at radius 3 is 2.62 bits per heavy atom. The van der Waals surface area contributed by atoms with Gasteiger partial charge >= 0.3 is 5.97 Å². The summed E-state index contributed by atoms with van der Waals surface area (Å²) in [5.74, 6) is 0.381. The summed E-state index contributed by atoms with van der Waals surface area (Å²) in [6, 6.07) is 11.6. The smallest absolute Gasteiger partial charge is 0.331 e. The first-order chi connectivity index (χ1) is 16.1. The number of carbonyl (C=O) groups is 1. The summed E-state index contributed by atoms with van der Waals surface area (Å²) in [4.78, 5) is 13.0. The standard InChI is InChI=1S/C29H36O5/c1-18-20-13-16-33-22(20)17-21-24(18)25(34-23(30)12-11-19-9-6-5-7-10-19)26(31)29(32)27(2,3)14-8-15-28(21,29)4/h5-7,9-13,16,18,21,24-26,31-32H,8,14-15,17H2,1-4H3/t18-,21-,24-,25+,26+,28+,29+/m0/s1. The molecule has 3 aliphatic carbocycles. The van der Waals surface area contributed by atoms with Crippen molar-refractivity contribution < 1.29 is 24.2 Å². The maximum Gasteiger partial charge on any atom is 0.331 e. The molecule has 5 nitrogen and oxygen atoms in total. The number of fused-ring (bicyclic) bond motifs is 4. The van der Waals surface area contributed by atoms with Crippen LogP contribution >= 0.6 is 0 Å². The molecule has 0 unspecified atom stereocenters. The summed E-state index contributed by atoms with van der Waals surface area (Å²) < 4.78 is 11.9. The van der Waals surface area contributed by atoms with Gasteiger partial charge in [0, 0.05) is 23.8 Å². The van der Waals surface area contributed by atoms with Gasteiger partial charge in [-0.25, -0.2) is 4.79 Å². The Morgan fingerprint density at radius 1 is 1.15 bits per heavy atom. The van der Waals surface area contributed by atoms with E-state index in [4.69, 9.17) is 9.15 Å². The Bertz CT molecular complexity index is 1080. The van der Waals surface area contributed by atoms with E-state index in [1.807, 2.05) is 50.2 Å². The van der Waals surface area contributed by atoms with Crippen LogP contribution in [0.15, 0.2) is 53.2 Å². The molecule has 2 aromatic rings.